The van der Waals surface area contributed by atoms with Crippen LogP contribution in [-0.4, -0.2) is 69.3 Å². The van der Waals surface area contributed by atoms with Gasteiger partial charge >= 0.3 is 0 Å². The van der Waals surface area contributed by atoms with Gasteiger partial charge in [0.05, 0.1) is 16.1 Å². The van der Waals surface area contributed by atoms with Gasteiger partial charge in [0, 0.05) is 55.3 Å². The number of thioether (sulfide) groups is 1. The fourth-order valence-corrected chi connectivity index (χ4v) is 8.18. The van der Waals surface area contributed by atoms with Crippen LogP contribution in [-0.2, 0) is 19.6 Å². The number of amides is 1. The Kier molecular flexibility index (Phi) is 9.51. The minimum absolute atomic E-state index is 0.209. The lowest BCUT2D eigenvalue weighted by molar-refractivity contribution is -0.145. The SMILES string of the molecule is COC1(C(=O)NS(=O)(=O)c2cc(F)c(N[C@H](CCN3CC4C(C3)C4(F)F)CSc3ccc(F)cc3)c(C#N)c2)CCCCC1. The number of rotatable bonds is 12. The van der Waals surface area contributed by atoms with Crippen LogP contribution >= 0.6 is 11.8 Å². The molecule has 0 spiro atoms. The number of nitriles is 1. The Morgan fingerprint density at radius 2 is 1.80 bits per heavy atom. The summed E-state index contributed by atoms with van der Waals surface area (Å²) in [5.74, 6) is -5.77. The summed E-state index contributed by atoms with van der Waals surface area (Å²) in [6.45, 7) is 1.000. The van der Waals surface area contributed by atoms with E-state index in [4.69, 9.17) is 4.74 Å². The maximum absolute atomic E-state index is 15.6. The summed E-state index contributed by atoms with van der Waals surface area (Å²) < 4.78 is 90.0. The molecular weight excluding hydrogens is 620 g/mol. The summed E-state index contributed by atoms with van der Waals surface area (Å²) in [5, 5.41) is 12.9. The smallest absolute Gasteiger partial charge is 0.265 e. The molecule has 2 unspecified atom stereocenters. The van der Waals surface area contributed by atoms with Crippen LogP contribution in [0.25, 0.3) is 0 Å². The van der Waals surface area contributed by atoms with Crippen molar-refractivity contribution in [3.63, 3.8) is 0 Å². The minimum atomic E-state index is -4.54. The molecule has 238 valence electrons. The molecule has 8 nitrogen and oxygen atoms in total. The average Bonchev–Trinajstić information content (AvgIpc) is 3.30. The van der Waals surface area contributed by atoms with Gasteiger partial charge in [-0.3, -0.25) is 4.79 Å². The highest BCUT2D eigenvalue weighted by atomic mass is 32.2. The zero-order chi connectivity index (χ0) is 31.7. The maximum atomic E-state index is 15.6. The molecule has 2 aromatic rings. The number of hydrogen-bond acceptors (Lipinski definition) is 8. The summed E-state index contributed by atoms with van der Waals surface area (Å²) >= 11 is 1.37. The number of alkyl halides is 2. The summed E-state index contributed by atoms with van der Waals surface area (Å²) in [7, 11) is -3.20. The number of nitrogens with one attached hydrogen (secondary N) is 2. The van der Waals surface area contributed by atoms with E-state index >= 15 is 4.39 Å². The van der Waals surface area contributed by atoms with Crippen LogP contribution in [0, 0.1) is 34.8 Å². The van der Waals surface area contributed by atoms with E-state index in [-0.39, 0.29) is 24.3 Å². The van der Waals surface area contributed by atoms with E-state index in [1.54, 1.807) is 12.1 Å². The molecule has 1 saturated heterocycles. The van der Waals surface area contributed by atoms with Gasteiger partial charge in [-0.05, 0) is 55.7 Å². The molecule has 1 heterocycles. The highest BCUT2D eigenvalue weighted by Gasteiger charge is 2.71. The van der Waals surface area contributed by atoms with Crippen LogP contribution in [0.15, 0.2) is 46.2 Å². The molecule has 3 aliphatic rings. The molecule has 3 fully saturated rings. The average molecular weight is 655 g/mol. The van der Waals surface area contributed by atoms with E-state index in [1.165, 1.54) is 31.0 Å². The van der Waals surface area contributed by atoms with Crippen molar-refractivity contribution in [2.24, 2.45) is 11.8 Å². The Bertz CT molecular complexity index is 1510. The number of piperidine rings is 1. The second-order valence-electron chi connectivity index (χ2n) is 11.7. The van der Waals surface area contributed by atoms with Gasteiger partial charge in [-0.25, -0.2) is 30.7 Å². The van der Waals surface area contributed by atoms with Crippen LogP contribution in [0.3, 0.4) is 0 Å². The third-order valence-electron chi connectivity index (χ3n) is 8.87. The van der Waals surface area contributed by atoms with Gasteiger partial charge in [0.2, 0.25) is 0 Å². The highest BCUT2D eigenvalue weighted by Crippen LogP contribution is 2.59. The summed E-state index contributed by atoms with van der Waals surface area (Å²) in [5.41, 5.74) is -1.79. The number of fused-ring (bicyclic) bond motifs is 1. The zero-order valence-electron chi connectivity index (χ0n) is 24.1. The van der Waals surface area contributed by atoms with E-state index in [0.717, 1.165) is 23.4 Å². The second kappa shape index (κ2) is 12.9. The number of likely N-dealkylation sites (tertiary alicyclic amines) is 1. The van der Waals surface area contributed by atoms with E-state index in [1.807, 2.05) is 15.7 Å². The molecule has 14 heteroatoms. The van der Waals surface area contributed by atoms with Crippen LogP contribution in [0.5, 0.6) is 0 Å². The Hall–Kier alpha value is -2.86. The number of ether oxygens (including phenoxy) is 1. The molecule has 2 saturated carbocycles. The predicted octanol–water partition coefficient (Wildman–Crippen LogP) is 5.15. The Labute approximate surface area is 258 Å². The van der Waals surface area contributed by atoms with Crippen molar-refractivity contribution >= 4 is 33.4 Å². The van der Waals surface area contributed by atoms with E-state index in [0.29, 0.717) is 44.4 Å². The van der Waals surface area contributed by atoms with E-state index in [9.17, 15) is 31.6 Å². The van der Waals surface area contributed by atoms with Gasteiger partial charge in [-0.2, -0.15) is 5.26 Å². The summed E-state index contributed by atoms with van der Waals surface area (Å²) in [6, 6.07) is 8.96. The highest BCUT2D eigenvalue weighted by molar-refractivity contribution is 7.99. The lowest BCUT2D eigenvalue weighted by Gasteiger charge is -2.34. The van der Waals surface area contributed by atoms with Gasteiger partial charge in [0.15, 0.2) is 0 Å². The molecule has 1 aliphatic heterocycles. The molecular formula is C30H34F4N4O4S2. The zero-order valence-corrected chi connectivity index (χ0v) is 25.8. The van der Waals surface area contributed by atoms with Gasteiger partial charge in [0.25, 0.3) is 21.9 Å². The molecule has 0 aromatic heterocycles. The molecule has 0 radical (unpaired) electrons. The van der Waals surface area contributed by atoms with Gasteiger partial charge in [0.1, 0.15) is 23.3 Å². The number of benzene rings is 2. The largest absolute Gasteiger partial charge is 0.378 e. The first kappa shape index (κ1) is 32.5. The fourth-order valence-electron chi connectivity index (χ4n) is 6.13. The van der Waals surface area contributed by atoms with Crippen molar-refractivity contribution < 1.29 is 35.5 Å². The molecule has 2 N–H and O–H groups in total. The number of sulfonamides is 1. The lowest BCUT2D eigenvalue weighted by atomic mass is 9.84. The first-order valence-corrected chi connectivity index (χ1v) is 17.0. The van der Waals surface area contributed by atoms with Gasteiger partial charge in [-0.15, -0.1) is 11.8 Å². The number of carbonyl (C=O) groups is 1. The molecule has 2 aromatic carbocycles. The normalized spacial score (nSPS) is 22.9. The number of methoxy groups -OCH3 is 1. The lowest BCUT2D eigenvalue weighted by Crippen LogP contribution is -2.51. The second-order valence-corrected chi connectivity index (χ2v) is 14.5. The Morgan fingerprint density at radius 1 is 1.14 bits per heavy atom. The molecule has 1 amide bonds. The Morgan fingerprint density at radius 3 is 2.41 bits per heavy atom. The standard InChI is InChI=1S/C30H34F4N4O4S2/c1-42-29(10-3-2-4-11-29)28(39)37-44(40,41)23-13-19(15-35)27(26(32)14-23)36-21(18-43-22-7-5-20(31)6-8-22)9-12-38-16-24-25(17-38)30(24,33)34/h5-8,13-14,21,24-25,36H,2-4,9-12,16-18H2,1H3,(H,37,39)/t21-,24?,25?/m1/s1. The number of carbonyl (C=O) groups excluding carboxylic acids is 1. The third-order valence-corrected chi connectivity index (χ3v) is 11.4. The van der Waals surface area contributed by atoms with Gasteiger partial charge < -0.3 is 15.0 Å². The van der Waals surface area contributed by atoms with Crippen LogP contribution in [0.4, 0.5) is 23.2 Å². The van der Waals surface area contributed by atoms with Crippen molar-refractivity contribution in [3.8, 4) is 6.07 Å². The van der Waals surface area contributed by atoms with Crippen molar-refractivity contribution in [3.05, 3.63) is 53.6 Å². The summed E-state index contributed by atoms with van der Waals surface area (Å²) in [6.07, 6.45) is 3.41. The number of nitrogens with zero attached hydrogens (tertiary/aromatic N) is 2. The maximum Gasteiger partial charge on any atom is 0.265 e. The first-order valence-electron chi connectivity index (χ1n) is 14.5. The van der Waals surface area contributed by atoms with Crippen molar-refractivity contribution in [2.45, 2.75) is 65.9 Å². The minimum Gasteiger partial charge on any atom is -0.378 e. The topological polar surface area (TPSA) is 112 Å². The summed E-state index contributed by atoms with van der Waals surface area (Å²) in [4.78, 5) is 15.1. The number of halogens is 4. The van der Waals surface area contributed by atoms with Crippen LogP contribution < -0.4 is 10.0 Å². The van der Waals surface area contributed by atoms with Crippen molar-refractivity contribution in [1.82, 2.24) is 9.62 Å². The molecule has 44 heavy (non-hydrogen) atoms. The fraction of sp³-hybridized carbons (Fsp3) is 0.533. The quantitative estimate of drug-likeness (QED) is 0.239. The molecule has 2 aliphatic carbocycles. The number of anilines is 1. The molecule has 3 atom stereocenters. The molecule has 5 rings (SSSR count). The Balaban J connectivity index is 1.32. The molecule has 0 bridgehead atoms. The van der Waals surface area contributed by atoms with Crippen molar-refractivity contribution in [2.75, 3.05) is 37.8 Å². The predicted molar refractivity (Wildman–Crippen MR) is 157 cm³/mol. The van der Waals surface area contributed by atoms with Gasteiger partial charge in [-0.1, -0.05) is 19.3 Å². The monoisotopic (exact) mass is 654 g/mol. The van der Waals surface area contributed by atoms with E-state index in [2.05, 4.69) is 5.32 Å². The van der Waals surface area contributed by atoms with Crippen LogP contribution in [0.2, 0.25) is 0 Å². The first-order chi connectivity index (χ1) is 20.9. The third kappa shape index (κ3) is 6.85. The van der Waals surface area contributed by atoms with Crippen molar-refractivity contribution in [1.29, 1.82) is 5.26 Å². The van der Waals surface area contributed by atoms with E-state index < -0.39 is 61.9 Å². The number of hydrogen-bond donors (Lipinski definition) is 2. The van der Waals surface area contributed by atoms with Crippen LogP contribution in [0.1, 0.15) is 44.1 Å².